The predicted octanol–water partition coefficient (Wildman–Crippen LogP) is 5.14. The number of rotatable bonds is 5. The van der Waals surface area contributed by atoms with Gasteiger partial charge in [-0.05, 0) is 54.4 Å². The van der Waals surface area contributed by atoms with Crippen LogP contribution in [0.25, 0.3) is 0 Å². The lowest BCUT2D eigenvalue weighted by atomic mass is 10.0. The number of halogens is 4. The van der Waals surface area contributed by atoms with Gasteiger partial charge in [-0.3, -0.25) is 0 Å². The summed E-state index contributed by atoms with van der Waals surface area (Å²) in [6, 6.07) is 4.90. The monoisotopic (exact) mass is 426 g/mol. The first-order valence-corrected chi connectivity index (χ1v) is 10.8. The molecule has 1 aromatic carbocycles. The van der Waals surface area contributed by atoms with Crippen molar-refractivity contribution >= 4 is 23.4 Å². The standard InChI is InChI=1S/C20H22F4N4S/c21-17-18(25-10-13-7-9-29-11-13)26-12-27-19(17)28-8-1-2-16(28)14-3-5-15(6-4-14)20(22,23)24/h3-6,12-13,16H,1-2,7-11H2,(H,25,26,27)/t13?,16-/m1/s1. The van der Waals surface area contributed by atoms with Crippen molar-refractivity contribution in [3.8, 4) is 0 Å². The van der Waals surface area contributed by atoms with E-state index in [-0.39, 0.29) is 17.7 Å². The van der Waals surface area contributed by atoms with Gasteiger partial charge in [0.05, 0.1) is 11.6 Å². The lowest BCUT2D eigenvalue weighted by Crippen LogP contribution is -2.26. The van der Waals surface area contributed by atoms with Gasteiger partial charge in [0.2, 0.25) is 5.82 Å². The van der Waals surface area contributed by atoms with E-state index in [2.05, 4.69) is 15.3 Å². The van der Waals surface area contributed by atoms with Gasteiger partial charge in [0.25, 0.3) is 0 Å². The predicted molar refractivity (Wildman–Crippen MR) is 107 cm³/mol. The van der Waals surface area contributed by atoms with Crippen molar-refractivity contribution in [2.24, 2.45) is 5.92 Å². The average Bonchev–Trinajstić information content (AvgIpc) is 3.39. The molecule has 0 saturated carbocycles. The summed E-state index contributed by atoms with van der Waals surface area (Å²) >= 11 is 1.90. The largest absolute Gasteiger partial charge is 0.416 e. The molecular formula is C20H22F4N4S. The zero-order chi connectivity index (χ0) is 20.4. The number of nitrogens with one attached hydrogen (secondary N) is 1. The summed E-state index contributed by atoms with van der Waals surface area (Å²) in [5, 5.41) is 3.11. The first-order valence-electron chi connectivity index (χ1n) is 9.69. The van der Waals surface area contributed by atoms with Gasteiger partial charge in [0.15, 0.2) is 11.6 Å². The molecule has 2 aliphatic rings. The summed E-state index contributed by atoms with van der Waals surface area (Å²) in [5.41, 5.74) is 0.0431. The first kappa shape index (κ1) is 20.3. The number of anilines is 2. The fourth-order valence-corrected chi connectivity index (χ4v) is 5.21. The van der Waals surface area contributed by atoms with E-state index in [1.54, 1.807) is 0 Å². The highest BCUT2D eigenvalue weighted by Gasteiger charge is 2.33. The van der Waals surface area contributed by atoms with Gasteiger partial charge in [0, 0.05) is 13.1 Å². The number of thioether (sulfide) groups is 1. The Hall–Kier alpha value is -2.03. The normalized spacial score (nSPS) is 22.3. The van der Waals surface area contributed by atoms with Gasteiger partial charge in [0.1, 0.15) is 6.33 Å². The number of benzene rings is 1. The lowest BCUT2D eigenvalue weighted by molar-refractivity contribution is -0.137. The van der Waals surface area contributed by atoms with E-state index in [0.29, 0.717) is 19.0 Å². The third-order valence-corrected chi connectivity index (χ3v) is 6.73. The van der Waals surface area contributed by atoms with Crippen LogP contribution in [0.2, 0.25) is 0 Å². The van der Waals surface area contributed by atoms with Gasteiger partial charge < -0.3 is 10.2 Å². The Morgan fingerprint density at radius 3 is 2.62 bits per heavy atom. The van der Waals surface area contributed by atoms with Crippen LogP contribution in [0.3, 0.4) is 0 Å². The summed E-state index contributed by atoms with van der Waals surface area (Å²) in [6.07, 6.45) is -0.370. The van der Waals surface area contributed by atoms with Crippen LogP contribution in [0.15, 0.2) is 30.6 Å². The third-order valence-electron chi connectivity index (χ3n) is 5.50. The Morgan fingerprint density at radius 2 is 1.93 bits per heavy atom. The van der Waals surface area contributed by atoms with E-state index < -0.39 is 17.6 Å². The minimum Gasteiger partial charge on any atom is -0.367 e. The van der Waals surface area contributed by atoms with Gasteiger partial charge in [-0.25, -0.2) is 9.97 Å². The van der Waals surface area contributed by atoms with Crippen molar-refractivity contribution < 1.29 is 17.6 Å². The first-order chi connectivity index (χ1) is 13.9. The summed E-state index contributed by atoms with van der Waals surface area (Å²) < 4.78 is 53.6. The highest BCUT2D eigenvalue weighted by atomic mass is 32.2. The van der Waals surface area contributed by atoms with Crippen LogP contribution < -0.4 is 10.2 Å². The molecule has 2 atom stereocenters. The minimum atomic E-state index is -4.37. The van der Waals surface area contributed by atoms with E-state index in [9.17, 15) is 13.2 Å². The fraction of sp³-hybridized carbons (Fsp3) is 0.500. The molecule has 2 fully saturated rings. The van der Waals surface area contributed by atoms with Gasteiger partial charge >= 0.3 is 6.18 Å². The quantitative estimate of drug-likeness (QED) is 0.671. The molecule has 0 radical (unpaired) electrons. The molecule has 3 heterocycles. The molecule has 0 amide bonds. The number of hydrogen-bond acceptors (Lipinski definition) is 5. The Kier molecular flexibility index (Phi) is 5.85. The maximum atomic E-state index is 15.1. The summed E-state index contributed by atoms with van der Waals surface area (Å²) in [6.45, 7) is 1.26. The Balaban J connectivity index is 1.53. The van der Waals surface area contributed by atoms with E-state index in [1.807, 2.05) is 16.7 Å². The Bertz CT molecular complexity index is 837. The van der Waals surface area contributed by atoms with Crippen LogP contribution in [-0.4, -0.2) is 34.6 Å². The summed E-state index contributed by atoms with van der Waals surface area (Å²) in [7, 11) is 0. The highest BCUT2D eigenvalue weighted by Crippen LogP contribution is 2.38. The number of alkyl halides is 3. The van der Waals surface area contributed by atoms with Crippen molar-refractivity contribution in [1.82, 2.24) is 9.97 Å². The second-order valence-electron chi connectivity index (χ2n) is 7.44. The number of aromatic nitrogens is 2. The zero-order valence-corrected chi connectivity index (χ0v) is 16.6. The number of nitrogens with zero attached hydrogens (tertiary/aromatic N) is 3. The second-order valence-corrected chi connectivity index (χ2v) is 8.59. The molecule has 2 aromatic rings. The smallest absolute Gasteiger partial charge is 0.367 e. The molecule has 2 aliphatic heterocycles. The van der Waals surface area contributed by atoms with E-state index in [1.165, 1.54) is 18.5 Å². The van der Waals surface area contributed by atoms with Crippen molar-refractivity contribution in [1.29, 1.82) is 0 Å². The maximum Gasteiger partial charge on any atom is 0.416 e. The number of hydrogen-bond donors (Lipinski definition) is 1. The molecule has 1 aromatic heterocycles. The van der Waals surface area contributed by atoms with Crippen LogP contribution in [0.4, 0.5) is 29.2 Å². The third kappa shape index (κ3) is 4.44. The van der Waals surface area contributed by atoms with E-state index in [0.717, 1.165) is 48.5 Å². The van der Waals surface area contributed by atoms with E-state index >= 15 is 4.39 Å². The summed E-state index contributed by atoms with van der Waals surface area (Å²) in [4.78, 5) is 10.0. The van der Waals surface area contributed by atoms with Gasteiger partial charge in [-0.2, -0.15) is 29.3 Å². The van der Waals surface area contributed by atoms with Crippen LogP contribution in [-0.2, 0) is 6.18 Å². The van der Waals surface area contributed by atoms with E-state index in [4.69, 9.17) is 0 Å². The minimum absolute atomic E-state index is 0.185. The molecule has 0 spiro atoms. The molecule has 4 rings (SSSR count). The molecule has 4 nitrogen and oxygen atoms in total. The van der Waals surface area contributed by atoms with Crippen molar-refractivity contribution in [3.63, 3.8) is 0 Å². The van der Waals surface area contributed by atoms with Crippen molar-refractivity contribution in [3.05, 3.63) is 47.5 Å². The molecule has 1 N–H and O–H groups in total. The molecule has 2 saturated heterocycles. The topological polar surface area (TPSA) is 41.1 Å². The van der Waals surface area contributed by atoms with Crippen molar-refractivity contribution in [2.75, 3.05) is 34.8 Å². The molecule has 9 heteroatoms. The van der Waals surface area contributed by atoms with Crippen LogP contribution >= 0.6 is 11.8 Å². The van der Waals surface area contributed by atoms with Gasteiger partial charge in [-0.15, -0.1) is 0 Å². The lowest BCUT2D eigenvalue weighted by Gasteiger charge is -2.27. The van der Waals surface area contributed by atoms with Crippen LogP contribution in [0.5, 0.6) is 0 Å². The van der Waals surface area contributed by atoms with Crippen molar-refractivity contribution in [2.45, 2.75) is 31.5 Å². The van der Waals surface area contributed by atoms with Gasteiger partial charge in [-0.1, -0.05) is 12.1 Å². The summed E-state index contributed by atoms with van der Waals surface area (Å²) in [5.74, 6) is 2.58. The highest BCUT2D eigenvalue weighted by molar-refractivity contribution is 7.99. The molecule has 0 bridgehead atoms. The fourth-order valence-electron chi connectivity index (χ4n) is 3.93. The van der Waals surface area contributed by atoms with Crippen LogP contribution in [0, 0.1) is 11.7 Å². The molecular weight excluding hydrogens is 404 g/mol. The van der Waals surface area contributed by atoms with Crippen LogP contribution in [0.1, 0.15) is 36.4 Å². The second kappa shape index (κ2) is 8.38. The molecule has 29 heavy (non-hydrogen) atoms. The molecule has 156 valence electrons. The SMILES string of the molecule is Fc1c(NCC2CCSC2)ncnc1N1CCC[C@@H]1c1ccc(C(F)(F)F)cc1. The Morgan fingerprint density at radius 1 is 1.14 bits per heavy atom. The molecule has 1 unspecified atom stereocenters. The zero-order valence-electron chi connectivity index (χ0n) is 15.8. The Labute approximate surface area is 171 Å². The average molecular weight is 426 g/mol. The molecule has 0 aliphatic carbocycles. The maximum absolute atomic E-state index is 15.1.